The summed E-state index contributed by atoms with van der Waals surface area (Å²) in [5.41, 5.74) is 6.12. The van der Waals surface area contributed by atoms with Gasteiger partial charge in [0.2, 0.25) is 5.88 Å². The molecule has 1 fully saturated rings. The van der Waals surface area contributed by atoms with Gasteiger partial charge in [0, 0.05) is 16.3 Å². The molecule has 1 amide bonds. The highest BCUT2D eigenvalue weighted by atomic mass is 32.2. The third-order valence-electron chi connectivity index (χ3n) is 4.77. The van der Waals surface area contributed by atoms with Gasteiger partial charge in [-0.15, -0.1) is 21.1 Å². The first-order chi connectivity index (χ1) is 14.0. The largest absolute Gasteiger partial charge is 0.476 e. The van der Waals surface area contributed by atoms with Crippen LogP contribution in [0.2, 0.25) is 0 Å². The molecule has 3 heterocycles. The number of carboxylic acids is 1. The molecule has 8 nitrogen and oxygen atoms in total. The van der Waals surface area contributed by atoms with E-state index < -0.39 is 27.9 Å². The lowest BCUT2D eigenvalue weighted by Crippen LogP contribution is -2.37. The Morgan fingerprint density at radius 2 is 2.17 bits per heavy atom. The number of hydrogen-bond donors (Lipinski definition) is 4. The summed E-state index contributed by atoms with van der Waals surface area (Å²) in [5, 5.41) is 19.9. The molecule has 152 valence electrons. The summed E-state index contributed by atoms with van der Waals surface area (Å²) < 4.78 is 19.8. The Labute approximate surface area is 168 Å². The lowest BCUT2D eigenvalue weighted by atomic mass is 10.1. The number of piperidine rings is 1. The lowest BCUT2D eigenvalue weighted by molar-refractivity contribution is 0.0684. The number of amides is 1. The van der Waals surface area contributed by atoms with E-state index in [1.165, 1.54) is 18.2 Å². The summed E-state index contributed by atoms with van der Waals surface area (Å²) >= 11 is 0. The maximum atomic E-state index is 13.8. The van der Waals surface area contributed by atoms with Crippen molar-refractivity contribution < 1.29 is 23.8 Å². The van der Waals surface area contributed by atoms with Gasteiger partial charge in [-0.2, -0.15) is 0 Å². The number of carbonyl (C=O) groups excluding carboxylic acids is 1. The van der Waals surface area contributed by atoms with Crippen LogP contribution in [0.25, 0.3) is 11.0 Å². The highest BCUT2D eigenvalue weighted by molar-refractivity contribution is 8.37. The number of primary amides is 1. The molecule has 0 aliphatic carbocycles. The van der Waals surface area contributed by atoms with Crippen LogP contribution in [0.5, 0.6) is 5.88 Å². The Hall–Kier alpha value is -2.98. The van der Waals surface area contributed by atoms with Crippen molar-refractivity contribution in [2.24, 2.45) is 5.73 Å². The van der Waals surface area contributed by atoms with Crippen LogP contribution in [0.15, 0.2) is 29.2 Å². The molecule has 4 rings (SSSR count). The number of halogens is 1. The number of benzene rings is 1. The van der Waals surface area contributed by atoms with Crippen LogP contribution in [-0.2, 0) is 0 Å². The molecular weight excluding hydrogens is 399 g/mol. The van der Waals surface area contributed by atoms with Crippen molar-refractivity contribution >= 4 is 33.1 Å². The number of nitrogens with zero attached hydrogens (tertiary/aromatic N) is 2. The highest BCUT2D eigenvalue weighted by Crippen LogP contribution is 2.58. The quantitative estimate of drug-likeness (QED) is 0.562. The fourth-order valence-corrected chi connectivity index (χ4v) is 5.61. The van der Waals surface area contributed by atoms with Crippen molar-refractivity contribution in [3.05, 3.63) is 46.9 Å². The van der Waals surface area contributed by atoms with E-state index in [-0.39, 0.29) is 22.6 Å². The first-order valence-corrected chi connectivity index (χ1v) is 10.4. The molecule has 2 unspecified atom stereocenters. The average Bonchev–Trinajstić information content (AvgIpc) is 3.10. The van der Waals surface area contributed by atoms with Crippen LogP contribution in [0.3, 0.4) is 0 Å². The molecule has 2 aliphatic heterocycles. The van der Waals surface area contributed by atoms with Gasteiger partial charge >= 0.3 is 5.97 Å². The molecule has 2 atom stereocenters. The van der Waals surface area contributed by atoms with E-state index in [0.717, 1.165) is 19.4 Å². The number of carbonyl (C=O) groups is 2. The minimum atomic E-state index is -1.91. The first kappa shape index (κ1) is 19.3. The Morgan fingerprint density at radius 1 is 1.34 bits per heavy atom. The van der Waals surface area contributed by atoms with Gasteiger partial charge < -0.3 is 20.9 Å². The summed E-state index contributed by atoms with van der Waals surface area (Å²) in [6, 6.07) is 5.73. The molecule has 1 saturated heterocycles. The fourth-order valence-electron chi connectivity index (χ4n) is 3.50. The second-order valence-corrected chi connectivity index (χ2v) is 8.76. The van der Waals surface area contributed by atoms with Crippen molar-refractivity contribution in [3.8, 4) is 5.88 Å². The van der Waals surface area contributed by atoms with Crippen LogP contribution in [-0.4, -0.2) is 45.7 Å². The first-order valence-electron chi connectivity index (χ1n) is 9.04. The van der Waals surface area contributed by atoms with Crippen LogP contribution in [0, 0.1) is 5.82 Å². The van der Waals surface area contributed by atoms with Gasteiger partial charge in [0.1, 0.15) is 11.9 Å². The van der Waals surface area contributed by atoms with Crippen LogP contribution in [0.1, 0.15) is 34.5 Å². The highest BCUT2D eigenvalue weighted by Gasteiger charge is 2.36. The lowest BCUT2D eigenvalue weighted by Gasteiger charge is -2.24. The number of carboxylic acid groups (broad SMARTS) is 1. The molecule has 0 spiro atoms. The normalized spacial score (nSPS) is 21.9. The van der Waals surface area contributed by atoms with E-state index in [1.807, 2.05) is 0 Å². The molecule has 1 aromatic carbocycles. The number of ether oxygens (including phenoxy) is 1. The second kappa shape index (κ2) is 7.80. The molecule has 0 radical (unpaired) electrons. The summed E-state index contributed by atoms with van der Waals surface area (Å²) in [7, 11) is -1.91. The molecule has 0 saturated carbocycles. The topological polar surface area (TPSA) is 127 Å². The third kappa shape index (κ3) is 3.68. The van der Waals surface area contributed by atoms with Gasteiger partial charge in [-0.1, -0.05) is 12.1 Å². The minimum Gasteiger partial charge on any atom is -0.476 e. The zero-order chi connectivity index (χ0) is 20.5. The van der Waals surface area contributed by atoms with Gasteiger partial charge in [0.15, 0.2) is 5.69 Å². The minimum absolute atomic E-state index is 0.149. The van der Waals surface area contributed by atoms with Gasteiger partial charge in [-0.3, -0.25) is 4.79 Å². The predicted octanol–water partition coefficient (Wildman–Crippen LogP) is 2.40. The van der Waals surface area contributed by atoms with E-state index in [9.17, 15) is 19.1 Å². The Morgan fingerprint density at radius 3 is 2.83 bits per heavy atom. The number of hydrogen-bond acceptors (Lipinski definition) is 6. The van der Waals surface area contributed by atoms with Gasteiger partial charge in [0.05, 0.1) is 5.56 Å². The molecule has 0 bridgehead atoms. The molecular formula is C19H19FN4O4S. The summed E-state index contributed by atoms with van der Waals surface area (Å²) in [6.07, 6.45) is 3.22. The number of aromatic nitrogens is 2. The van der Waals surface area contributed by atoms with E-state index >= 15 is 0 Å². The van der Waals surface area contributed by atoms with E-state index in [0.29, 0.717) is 22.6 Å². The number of nitrogens with one attached hydrogen (secondary N) is 1. The van der Waals surface area contributed by atoms with Gasteiger partial charge in [-0.25, -0.2) is 9.18 Å². The average molecular weight is 418 g/mol. The number of nitrogens with two attached hydrogens (primary N) is 1. The van der Waals surface area contributed by atoms with Gasteiger partial charge in [-0.05, 0) is 43.2 Å². The number of thiol groups is 1. The molecule has 10 heteroatoms. The number of fused-ring (bicyclic) bond motifs is 1. The van der Waals surface area contributed by atoms with Crippen molar-refractivity contribution in [2.75, 3.05) is 13.1 Å². The van der Waals surface area contributed by atoms with E-state index in [4.69, 9.17) is 10.5 Å². The second-order valence-electron chi connectivity index (χ2n) is 6.72. The molecule has 29 heavy (non-hydrogen) atoms. The molecule has 4 N–H and O–H groups in total. The Bertz CT molecular complexity index is 1020. The van der Waals surface area contributed by atoms with Crippen molar-refractivity contribution in [3.63, 3.8) is 0 Å². The van der Waals surface area contributed by atoms with Crippen molar-refractivity contribution in [1.82, 2.24) is 15.5 Å². The number of rotatable bonds is 4. The van der Waals surface area contributed by atoms with E-state index in [2.05, 4.69) is 15.5 Å². The van der Waals surface area contributed by atoms with Crippen LogP contribution >= 0.6 is 10.9 Å². The maximum Gasteiger partial charge on any atom is 0.357 e. The summed E-state index contributed by atoms with van der Waals surface area (Å²) in [5.74, 6) is -1.64. The Kier molecular flexibility index (Phi) is 5.20. The summed E-state index contributed by atoms with van der Waals surface area (Å²) in [6.45, 7) is 1.53. The summed E-state index contributed by atoms with van der Waals surface area (Å²) in [4.78, 5) is 24.7. The maximum absolute atomic E-state index is 13.8. The molecule has 2 aromatic rings. The zero-order valence-corrected chi connectivity index (χ0v) is 16.2. The van der Waals surface area contributed by atoms with Crippen molar-refractivity contribution in [1.29, 1.82) is 0 Å². The number of aromatic carboxylic acids is 1. The smallest absolute Gasteiger partial charge is 0.357 e. The SMILES string of the molecule is NC(=O)[SH]1C(c2cccc(F)c2)=Cc2c(OC3CCCNC3)nnc(C(=O)O)c21. The van der Waals surface area contributed by atoms with Crippen molar-refractivity contribution in [2.45, 2.75) is 23.8 Å². The zero-order valence-electron chi connectivity index (χ0n) is 15.3. The monoisotopic (exact) mass is 418 g/mol. The van der Waals surface area contributed by atoms with Gasteiger partial charge in [0.25, 0.3) is 5.24 Å². The van der Waals surface area contributed by atoms with E-state index in [1.54, 1.807) is 12.1 Å². The third-order valence-corrected chi connectivity index (χ3v) is 6.98. The predicted molar refractivity (Wildman–Crippen MR) is 107 cm³/mol. The molecule has 2 aliphatic rings. The standard InChI is InChI=1S/C19H19FN4O4S/c20-11-4-1-3-10(7-11)14-8-13-16(29(14)19(21)27)15(18(25)26)23-24-17(13)28-12-5-2-6-22-9-12/h1,3-4,7-8,12,22,29H,2,5-6,9H2,(H2,21,27)(H,25,26). The Balaban J connectivity index is 1.85. The molecule has 1 aromatic heterocycles. The fraction of sp³-hybridized carbons (Fsp3) is 0.263. The van der Waals surface area contributed by atoms with Crippen LogP contribution < -0.4 is 15.8 Å². The van der Waals surface area contributed by atoms with Crippen LogP contribution in [0.4, 0.5) is 9.18 Å².